The molecular weight excluding hydrogens is 480 g/mol. The Bertz CT molecular complexity index is 999. The van der Waals surface area contributed by atoms with Gasteiger partial charge >= 0.3 is 0 Å². The molecule has 0 atom stereocenters. The molecule has 0 saturated heterocycles. The number of hydrogen-bond acceptors (Lipinski definition) is 3. The highest BCUT2D eigenvalue weighted by Crippen LogP contribution is 2.34. The molecule has 3 N–H and O–H groups in total. The fourth-order valence-corrected chi connectivity index (χ4v) is 4.04. The Morgan fingerprint density at radius 3 is 1.03 bits per heavy atom. The van der Waals surface area contributed by atoms with Gasteiger partial charge in [-0.2, -0.15) is 13.7 Å². The van der Waals surface area contributed by atoms with Crippen LogP contribution in [0.3, 0.4) is 0 Å². The highest BCUT2D eigenvalue weighted by Gasteiger charge is 2.27. The summed E-state index contributed by atoms with van der Waals surface area (Å²) in [6.45, 7) is 3.26. The maximum atomic E-state index is 12.6. The predicted molar refractivity (Wildman–Crippen MR) is 140 cm³/mol. The van der Waals surface area contributed by atoms with Gasteiger partial charge in [-0.15, -0.1) is 0 Å². The minimum atomic E-state index is -0.342. The molecule has 0 unspecified atom stereocenters. The number of amides is 3. The third-order valence-corrected chi connectivity index (χ3v) is 6.58. The summed E-state index contributed by atoms with van der Waals surface area (Å²) in [4.78, 5) is 37.7. The van der Waals surface area contributed by atoms with Gasteiger partial charge in [0.05, 0.1) is 0 Å². The molecule has 9 heteroatoms. The van der Waals surface area contributed by atoms with Crippen molar-refractivity contribution in [1.29, 1.82) is 0 Å². The average molecular weight is 520 g/mol. The predicted octanol–water partition coefficient (Wildman–Crippen LogP) is 1.52. The van der Waals surface area contributed by atoms with E-state index in [0.29, 0.717) is 58.5 Å². The summed E-state index contributed by atoms with van der Waals surface area (Å²) in [5, 5.41) is 8.81. The molecule has 0 saturated carbocycles. The van der Waals surface area contributed by atoms with Crippen LogP contribution in [-0.4, -0.2) is 17.7 Å². The van der Waals surface area contributed by atoms with Crippen LogP contribution in [0, 0.1) is 5.41 Å². The van der Waals surface area contributed by atoms with Crippen molar-refractivity contribution in [3.8, 4) is 0 Å². The number of nitrogens with one attached hydrogen (secondary N) is 3. The van der Waals surface area contributed by atoms with E-state index in [1.165, 1.54) is 0 Å². The lowest BCUT2D eigenvalue weighted by Crippen LogP contribution is -2.44. The first kappa shape index (κ1) is 28.4. The Morgan fingerprint density at radius 2 is 0.763 bits per heavy atom. The summed E-state index contributed by atoms with van der Waals surface area (Å²) in [6.07, 6.45) is 14.1. The zero-order valence-corrected chi connectivity index (χ0v) is 22.1. The molecule has 0 fully saturated rings. The molecule has 200 valence electrons. The van der Waals surface area contributed by atoms with Gasteiger partial charge in [0.1, 0.15) is 0 Å². The first-order chi connectivity index (χ1) is 18.4. The van der Waals surface area contributed by atoms with Crippen LogP contribution in [0.2, 0.25) is 0 Å². The molecule has 0 aliphatic heterocycles. The fourth-order valence-electron chi connectivity index (χ4n) is 4.04. The fraction of sp³-hybridized carbons (Fsp3) is 0.379. The molecule has 0 aliphatic carbocycles. The van der Waals surface area contributed by atoms with Crippen LogP contribution in [0.4, 0.5) is 0 Å². The maximum Gasteiger partial charge on any atom is 0.224 e. The lowest BCUT2D eigenvalue weighted by molar-refractivity contribution is -0.700. The van der Waals surface area contributed by atoms with Crippen molar-refractivity contribution in [2.75, 3.05) is 0 Å². The Hall–Kier alpha value is -4.14. The molecule has 0 spiro atoms. The van der Waals surface area contributed by atoms with E-state index in [2.05, 4.69) is 22.9 Å². The Labute approximate surface area is 224 Å². The second kappa shape index (κ2) is 15.2. The maximum absolute atomic E-state index is 12.6. The SMILES string of the molecule is CC(CCC(=O)NC[n+]1ccccc1)(CCC(=O)NC[n+]1ccccc1)CCC(=O)NC[n+]1ccccc1. The second-order valence-corrected chi connectivity index (χ2v) is 9.75. The van der Waals surface area contributed by atoms with E-state index in [1.807, 2.05) is 105 Å². The molecule has 0 aromatic carbocycles. The Morgan fingerprint density at radius 1 is 0.500 bits per heavy atom. The average Bonchev–Trinajstić information content (AvgIpc) is 2.96. The molecule has 0 aliphatic rings. The monoisotopic (exact) mass is 519 g/mol. The van der Waals surface area contributed by atoms with E-state index >= 15 is 0 Å². The number of pyridine rings is 3. The molecule has 3 aromatic heterocycles. The quantitative estimate of drug-likeness (QED) is 0.266. The molecule has 0 bridgehead atoms. The number of hydrogen-bond donors (Lipinski definition) is 3. The summed E-state index contributed by atoms with van der Waals surface area (Å²) in [5.41, 5.74) is -0.342. The standard InChI is InChI=1S/C29H36N6O3/c1-29(14-11-26(36)30-23-33-17-5-2-6-18-33,15-12-27(37)31-24-34-19-7-3-8-20-34)16-13-28(38)32-25-35-21-9-4-10-22-35/h2-10,17-22H,11-16,23-25H2,1H3/p+3. The van der Waals surface area contributed by atoms with Gasteiger partial charge in [-0.05, 0) is 24.7 Å². The van der Waals surface area contributed by atoms with E-state index in [-0.39, 0.29) is 23.1 Å². The van der Waals surface area contributed by atoms with Crippen molar-refractivity contribution in [2.45, 2.75) is 65.5 Å². The van der Waals surface area contributed by atoms with Gasteiger partial charge in [0, 0.05) is 55.7 Å². The smallest absolute Gasteiger partial charge is 0.224 e. The van der Waals surface area contributed by atoms with Crippen molar-refractivity contribution in [1.82, 2.24) is 16.0 Å². The molecule has 3 rings (SSSR count). The largest absolute Gasteiger partial charge is 0.301 e. The topological polar surface area (TPSA) is 98.9 Å². The zero-order valence-electron chi connectivity index (χ0n) is 22.1. The van der Waals surface area contributed by atoms with Gasteiger partial charge in [-0.1, -0.05) is 25.1 Å². The molecule has 9 nitrogen and oxygen atoms in total. The van der Waals surface area contributed by atoms with Crippen LogP contribution in [0.1, 0.15) is 45.4 Å². The lowest BCUT2D eigenvalue weighted by Gasteiger charge is -2.29. The van der Waals surface area contributed by atoms with Gasteiger partial charge in [0.2, 0.25) is 37.7 Å². The summed E-state index contributed by atoms with van der Waals surface area (Å²) in [7, 11) is 0. The van der Waals surface area contributed by atoms with Crippen LogP contribution in [0.25, 0.3) is 0 Å². The number of carbonyl (C=O) groups is 3. The van der Waals surface area contributed by atoms with Crippen molar-refractivity contribution >= 4 is 17.7 Å². The van der Waals surface area contributed by atoms with E-state index in [0.717, 1.165) is 0 Å². The van der Waals surface area contributed by atoms with E-state index in [1.54, 1.807) is 0 Å². The molecule has 38 heavy (non-hydrogen) atoms. The van der Waals surface area contributed by atoms with Gasteiger partial charge in [-0.3, -0.25) is 14.4 Å². The first-order valence-electron chi connectivity index (χ1n) is 13.0. The normalized spacial score (nSPS) is 11.0. The van der Waals surface area contributed by atoms with Crippen LogP contribution in [0.5, 0.6) is 0 Å². The van der Waals surface area contributed by atoms with Crippen molar-refractivity contribution in [3.63, 3.8) is 0 Å². The van der Waals surface area contributed by atoms with Gasteiger partial charge in [0.25, 0.3) is 0 Å². The van der Waals surface area contributed by atoms with E-state index in [9.17, 15) is 14.4 Å². The number of aromatic nitrogens is 3. The number of nitrogens with zero attached hydrogens (tertiary/aromatic N) is 3. The zero-order chi connectivity index (χ0) is 27.1. The third-order valence-electron chi connectivity index (χ3n) is 6.58. The number of rotatable bonds is 15. The minimum absolute atomic E-state index is 0.0533. The minimum Gasteiger partial charge on any atom is -0.301 e. The summed E-state index contributed by atoms with van der Waals surface area (Å²) in [5.74, 6) is -0.160. The summed E-state index contributed by atoms with van der Waals surface area (Å²) < 4.78 is 5.67. The second-order valence-electron chi connectivity index (χ2n) is 9.75. The highest BCUT2D eigenvalue weighted by atomic mass is 16.2. The highest BCUT2D eigenvalue weighted by molar-refractivity contribution is 5.77. The molecule has 0 radical (unpaired) electrons. The molecular formula is C29H39N6O3+3. The lowest BCUT2D eigenvalue weighted by atomic mass is 9.77. The number of carbonyl (C=O) groups excluding carboxylic acids is 3. The van der Waals surface area contributed by atoms with Crippen molar-refractivity contribution < 1.29 is 28.1 Å². The van der Waals surface area contributed by atoms with Crippen LogP contribution in [0.15, 0.2) is 91.8 Å². The van der Waals surface area contributed by atoms with Gasteiger partial charge < -0.3 is 16.0 Å². The molecule has 3 heterocycles. The van der Waals surface area contributed by atoms with Gasteiger partial charge in [-0.25, -0.2) is 0 Å². The Kier molecular flexibility index (Phi) is 11.4. The van der Waals surface area contributed by atoms with E-state index in [4.69, 9.17) is 0 Å². The third kappa shape index (κ3) is 10.9. The molecule has 3 aromatic rings. The van der Waals surface area contributed by atoms with Crippen molar-refractivity contribution in [3.05, 3.63) is 91.8 Å². The van der Waals surface area contributed by atoms with Crippen LogP contribution < -0.4 is 29.7 Å². The van der Waals surface area contributed by atoms with Crippen molar-refractivity contribution in [2.24, 2.45) is 5.41 Å². The molecule has 3 amide bonds. The first-order valence-corrected chi connectivity index (χ1v) is 13.0. The van der Waals surface area contributed by atoms with Crippen LogP contribution in [-0.2, 0) is 34.4 Å². The van der Waals surface area contributed by atoms with E-state index < -0.39 is 0 Å². The van der Waals surface area contributed by atoms with Gasteiger partial charge in [0.15, 0.2) is 37.2 Å². The summed E-state index contributed by atoms with van der Waals surface area (Å²) in [6, 6.07) is 17.2. The summed E-state index contributed by atoms with van der Waals surface area (Å²) >= 11 is 0. The Balaban J connectivity index is 1.50. The van der Waals surface area contributed by atoms with Crippen LogP contribution >= 0.6 is 0 Å².